The number of para-hydroxylation sites is 1. The first-order valence-electron chi connectivity index (χ1n) is 12.5. The van der Waals surface area contributed by atoms with E-state index in [9.17, 15) is 9.59 Å². The van der Waals surface area contributed by atoms with Crippen LogP contribution in [0.5, 0.6) is 0 Å². The Kier molecular flexibility index (Phi) is 6.09. The molecular formula is C27H37N3O3. The van der Waals surface area contributed by atoms with Gasteiger partial charge in [0.1, 0.15) is 0 Å². The summed E-state index contributed by atoms with van der Waals surface area (Å²) in [6.07, 6.45) is 13.7. The van der Waals surface area contributed by atoms with Crippen molar-refractivity contribution in [1.29, 1.82) is 0 Å². The summed E-state index contributed by atoms with van der Waals surface area (Å²) in [6.45, 7) is 4.71. The van der Waals surface area contributed by atoms with Gasteiger partial charge in [0.05, 0.1) is 0 Å². The third-order valence-corrected chi connectivity index (χ3v) is 8.65. The summed E-state index contributed by atoms with van der Waals surface area (Å²) in [7, 11) is 0. The lowest BCUT2D eigenvalue weighted by Gasteiger charge is -2.44. The second-order valence-electron chi connectivity index (χ2n) is 10.3. The standard InChI is InChI=1S/C27H35N3O3.H2/c1-3-18-33-26(32)30-22-10-8-21(9-11-23(30)13-12-22)28-16-14-27(15-17-28)19-29(20(2)31)25-7-5-4-6-24(25)27;/h1,4-7,21-23H,8-19H2,2H3;1H. The van der Waals surface area contributed by atoms with Gasteiger partial charge in [-0.25, -0.2) is 4.79 Å². The summed E-state index contributed by atoms with van der Waals surface area (Å²) in [4.78, 5) is 31.5. The number of piperidine rings is 1. The molecule has 6 nitrogen and oxygen atoms in total. The van der Waals surface area contributed by atoms with Gasteiger partial charge in [0.15, 0.2) is 6.61 Å². The van der Waals surface area contributed by atoms with E-state index in [-0.39, 0.29) is 37.5 Å². The highest BCUT2D eigenvalue weighted by molar-refractivity contribution is 5.94. The smallest absolute Gasteiger partial charge is 0.411 e. The number of amides is 2. The van der Waals surface area contributed by atoms with Crippen molar-refractivity contribution in [2.24, 2.45) is 0 Å². The summed E-state index contributed by atoms with van der Waals surface area (Å²) in [6, 6.07) is 9.63. The number of ether oxygens (including phenoxy) is 1. The monoisotopic (exact) mass is 451 g/mol. The molecule has 1 aromatic carbocycles. The lowest BCUT2D eigenvalue weighted by atomic mass is 9.74. The van der Waals surface area contributed by atoms with E-state index in [0.29, 0.717) is 6.04 Å². The van der Waals surface area contributed by atoms with Crippen LogP contribution < -0.4 is 4.90 Å². The van der Waals surface area contributed by atoms with Gasteiger partial charge < -0.3 is 19.4 Å². The van der Waals surface area contributed by atoms with E-state index in [1.54, 1.807) is 6.92 Å². The van der Waals surface area contributed by atoms with Crippen LogP contribution in [0.3, 0.4) is 0 Å². The molecule has 0 N–H and O–H groups in total. The molecule has 33 heavy (non-hydrogen) atoms. The highest BCUT2D eigenvalue weighted by atomic mass is 16.6. The third-order valence-electron chi connectivity index (χ3n) is 8.65. The lowest BCUT2D eigenvalue weighted by Crippen LogP contribution is -2.50. The van der Waals surface area contributed by atoms with Gasteiger partial charge in [0.2, 0.25) is 5.91 Å². The predicted octanol–water partition coefficient (Wildman–Crippen LogP) is 4.18. The van der Waals surface area contributed by atoms with E-state index in [4.69, 9.17) is 11.2 Å². The molecule has 5 rings (SSSR count). The normalized spacial score (nSPS) is 28.7. The number of nitrogens with zero attached hydrogens (tertiary/aromatic N) is 3. The average Bonchev–Trinajstić information content (AvgIpc) is 3.39. The van der Waals surface area contributed by atoms with Crippen LogP contribution >= 0.6 is 0 Å². The van der Waals surface area contributed by atoms with Crippen LogP contribution in [-0.2, 0) is 14.9 Å². The van der Waals surface area contributed by atoms with Gasteiger partial charge >= 0.3 is 6.09 Å². The van der Waals surface area contributed by atoms with Gasteiger partial charge in [-0.05, 0) is 76.1 Å². The van der Waals surface area contributed by atoms with Gasteiger partial charge in [-0.2, -0.15) is 0 Å². The fourth-order valence-corrected chi connectivity index (χ4v) is 6.94. The van der Waals surface area contributed by atoms with Crippen molar-refractivity contribution in [2.75, 3.05) is 31.1 Å². The molecule has 1 aromatic rings. The summed E-state index contributed by atoms with van der Waals surface area (Å²) >= 11 is 0. The highest BCUT2D eigenvalue weighted by Gasteiger charge is 2.47. The second-order valence-corrected chi connectivity index (χ2v) is 10.3. The summed E-state index contributed by atoms with van der Waals surface area (Å²) in [5.74, 6) is 2.54. The van der Waals surface area contributed by atoms with E-state index < -0.39 is 0 Å². The molecule has 0 aromatic heterocycles. The molecule has 2 atom stereocenters. The van der Waals surface area contributed by atoms with Crippen LogP contribution in [0.2, 0.25) is 0 Å². The Balaban J connectivity index is 0.00000274. The van der Waals surface area contributed by atoms with Gasteiger partial charge in [0.25, 0.3) is 0 Å². The van der Waals surface area contributed by atoms with Gasteiger partial charge in [-0.15, -0.1) is 6.42 Å². The average molecular weight is 452 g/mol. The topological polar surface area (TPSA) is 53.1 Å². The van der Waals surface area contributed by atoms with E-state index in [2.05, 4.69) is 29.0 Å². The summed E-state index contributed by atoms with van der Waals surface area (Å²) < 4.78 is 5.27. The predicted molar refractivity (Wildman–Crippen MR) is 130 cm³/mol. The minimum Gasteiger partial charge on any atom is -0.436 e. The Morgan fingerprint density at radius 3 is 2.27 bits per heavy atom. The zero-order valence-electron chi connectivity index (χ0n) is 19.7. The maximum atomic E-state index is 12.6. The molecule has 4 aliphatic heterocycles. The Morgan fingerprint density at radius 2 is 1.67 bits per heavy atom. The van der Waals surface area contributed by atoms with Crippen molar-refractivity contribution in [2.45, 2.75) is 81.8 Å². The number of carbonyl (C=O) groups excluding carboxylic acids is 2. The molecule has 0 aliphatic carbocycles. The number of fused-ring (bicyclic) bond motifs is 4. The molecule has 3 fully saturated rings. The van der Waals surface area contributed by atoms with Gasteiger partial charge in [0, 0.05) is 44.1 Å². The molecule has 3 saturated heterocycles. The van der Waals surface area contributed by atoms with E-state index >= 15 is 0 Å². The van der Waals surface area contributed by atoms with E-state index in [1.807, 2.05) is 15.9 Å². The number of hydrogen-bond donors (Lipinski definition) is 0. The third kappa shape index (κ3) is 4.01. The van der Waals surface area contributed by atoms with Crippen LogP contribution in [0.4, 0.5) is 10.5 Å². The van der Waals surface area contributed by atoms with Crippen molar-refractivity contribution in [3.8, 4) is 12.3 Å². The first-order chi connectivity index (χ1) is 16.0. The fourth-order valence-electron chi connectivity index (χ4n) is 6.94. The minimum absolute atomic E-state index is 0. The van der Waals surface area contributed by atoms with Crippen molar-refractivity contribution >= 4 is 17.7 Å². The van der Waals surface area contributed by atoms with E-state index in [0.717, 1.165) is 76.7 Å². The maximum Gasteiger partial charge on any atom is 0.411 e. The van der Waals surface area contributed by atoms with Crippen molar-refractivity contribution in [1.82, 2.24) is 9.80 Å². The van der Waals surface area contributed by atoms with Gasteiger partial charge in [-0.1, -0.05) is 24.1 Å². The Labute approximate surface area is 198 Å². The number of terminal acetylenes is 1. The van der Waals surface area contributed by atoms with Crippen molar-refractivity contribution < 1.29 is 15.8 Å². The van der Waals surface area contributed by atoms with E-state index in [1.165, 1.54) is 5.56 Å². The molecular weight excluding hydrogens is 414 g/mol. The van der Waals surface area contributed by atoms with Crippen molar-refractivity contribution in [3.05, 3.63) is 29.8 Å². The summed E-state index contributed by atoms with van der Waals surface area (Å²) in [5, 5.41) is 0. The SMILES string of the molecule is C#CCOC(=O)N1C2CCC(N3CCC4(CC3)CN(C(C)=O)c3ccccc34)CCC1CC2.[HH]. The zero-order chi connectivity index (χ0) is 23.0. The molecule has 0 saturated carbocycles. The maximum absolute atomic E-state index is 12.6. The summed E-state index contributed by atoms with van der Waals surface area (Å²) in [5.41, 5.74) is 2.56. The number of rotatable bonds is 2. The van der Waals surface area contributed by atoms with Gasteiger partial charge in [-0.3, -0.25) is 4.79 Å². The van der Waals surface area contributed by atoms with Crippen LogP contribution in [0, 0.1) is 12.3 Å². The number of likely N-dealkylation sites (tertiary alicyclic amines) is 1. The molecule has 2 amide bonds. The molecule has 2 unspecified atom stereocenters. The fraction of sp³-hybridized carbons (Fsp3) is 0.630. The number of benzene rings is 1. The second kappa shape index (κ2) is 9.02. The van der Waals surface area contributed by atoms with Crippen LogP contribution in [-0.4, -0.2) is 66.2 Å². The Morgan fingerprint density at radius 1 is 1.06 bits per heavy atom. The molecule has 0 radical (unpaired) electrons. The minimum atomic E-state index is -0.228. The number of hydrogen-bond acceptors (Lipinski definition) is 4. The Hall–Kier alpha value is -2.52. The molecule has 2 bridgehead atoms. The lowest BCUT2D eigenvalue weighted by molar-refractivity contribution is -0.116. The molecule has 6 heteroatoms. The number of anilines is 1. The van der Waals surface area contributed by atoms with Crippen LogP contribution in [0.1, 0.15) is 65.3 Å². The molecule has 4 heterocycles. The quantitative estimate of drug-likeness (QED) is 0.633. The zero-order valence-corrected chi connectivity index (χ0v) is 19.7. The largest absolute Gasteiger partial charge is 0.436 e. The molecule has 178 valence electrons. The Bertz CT molecular complexity index is 937. The molecule has 1 spiro atoms. The first-order valence-corrected chi connectivity index (χ1v) is 12.5. The first kappa shape index (κ1) is 22.3. The van der Waals surface area contributed by atoms with Crippen LogP contribution in [0.15, 0.2) is 24.3 Å². The molecule has 4 aliphatic rings. The number of carbonyl (C=O) groups is 2. The van der Waals surface area contributed by atoms with Crippen molar-refractivity contribution in [3.63, 3.8) is 0 Å². The van der Waals surface area contributed by atoms with Crippen LogP contribution in [0.25, 0.3) is 0 Å². The highest BCUT2D eigenvalue weighted by Crippen LogP contribution is 2.47.